The minimum atomic E-state index is -0.164. The van der Waals surface area contributed by atoms with Crippen LogP contribution in [0.3, 0.4) is 0 Å². The van der Waals surface area contributed by atoms with Crippen molar-refractivity contribution >= 4 is 11.6 Å². The van der Waals surface area contributed by atoms with Crippen LogP contribution < -0.4 is 15.8 Å². The molecule has 4 N–H and O–H groups in total. The number of nitrogens with two attached hydrogens (primary N) is 1. The van der Waals surface area contributed by atoms with Gasteiger partial charge in [-0.1, -0.05) is 0 Å². The van der Waals surface area contributed by atoms with Gasteiger partial charge in [0.25, 0.3) is 0 Å². The van der Waals surface area contributed by atoms with Crippen molar-refractivity contribution in [3.05, 3.63) is 18.2 Å². The van der Waals surface area contributed by atoms with Crippen LogP contribution in [0, 0.1) is 0 Å². The Morgan fingerprint density at radius 2 is 2.29 bits per heavy atom. The summed E-state index contributed by atoms with van der Waals surface area (Å²) in [6.45, 7) is 1.85. The average Bonchev–Trinajstić information content (AvgIpc) is 2.29. The lowest BCUT2D eigenvalue weighted by molar-refractivity contribution is -0.116. The highest BCUT2D eigenvalue weighted by Crippen LogP contribution is 2.27. The maximum absolute atomic E-state index is 11.5. The number of hydrogen-bond donors (Lipinski definition) is 3. The van der Waals surface area contributed by atoms with E-state index in [9.17, 15) is 9.90 Å². The van der Waals surface area contributed by atoms with Crippen LogP contribution in [0.2, 0.25) is 0 Å². The van der Waals surface area contributed by atoms with Crippen molar-refractivity contribution in [2.24, 2.45) is 5.73 Å². The maximum Gasteiger partial charge on any atom is 0.224 e. The molecule has 1 atom stereocenters. The first kappa shape index (κ1) is 13.3. The zero-order chi connectivity index (χ0) is 12.8. The molecule has 0 fully saturated rings. The zero-order valence-electron chi connectivity index (χ0n) is 10.1. The van der Waals surface area contributed by atoms with Crippen molar-refractivity contribution in [3.63, 3.8) is 0 Å². The molecule has 5 heteroatoms. The predicted molar refractivity (Wildman–Crippen MR) is 66.2 cm³/mol. The summed E-state index contributed by atoms with van der Waals surface area (Å²) in [5, 5.41) is 12.2. The van der Waals surface area contributed by atoms with Crippen molar-refractivity contribution in [2.75, 3.05) is 12.4 Å². The summed E-state index contributed by atoms with van der Waals surface area (Å²) in [6.07, 6.45) is 0.950. The van der Waals surface area contributed by atoms with E-state index in [1.165, 1.54) is 13.2 Å². The number of aromatic hydroxyl groups is 1. The molecule has 0 aromatic heterocycles. The van der Waals surface area contributed by atoms with Gasteiger partial charge in [-0.3, -0.25) is 4.79 Å². The molecule has 0 radical (unpaired) electrons. The molecule has 0 aliphatic rings. The summed E-state index contributed by atoms with van der Waals surface area (Å²) in [5.74, 6) is 0.359. The first-order valence-corrected chi connectivity index (χ1v) is 5.45. The largest absolute Gasteiger partial charge is 0.506 e. The number of carbonyl (C=O) groups excluding carboxylic acids is 1. The van der Waals surface area contributed by atoms with Gasteiger partial charge >= 0.3 is 0 Å². The zero-order valence-corrected chi connectivity index (χ0v) is 10.1. The lowest BCUT2D eigenvalue weighted by atomic mass is 10.2. The van der Waals surface area contributed by atoms with Gasteiger partial charge in [0.05, 0.1) is 12.8 Å². The Bertz CT molecular complexity index is 391. The number of phenols is 1. The van der Waals surface area contributed by atoms with E-state index < -0.39 is 0 Å². The molecule has 0 saturated carbocycles. The summed E-state index contributed by atoms with van der Waals surface area (Å²) in [4.78, 5) is 11.5. The van der Waals surface area contributed by atoms with E-state index in [2.05, 4.69) is 5.32 Å². The monoisotopic (exact) mass is 238 g/mol. The highest BCUT2D eigenvalue weighted by atomic mass is 16.5. The standard InChI is InChI=1S/C12H18N2O3/c1-8(13)3-6-12(16)14-10-5-4-9(17-2)7-11(10)15/h4-5,7-8,15H,3,6,13H2,1-2H3,(H,14,16). The molecule has 17 heavy (non-hydrogen) atoms. The first-order valence-electron chi connectivity index (χ1n) is 5.45. The fraction of sp³-hybridized carbons (Fsp3) is 0.417. The van der Waals surface area contributed by atoms with Gasteiger partial charge in [0.2, 0.25) is 5.91 Å². The number of anilines is 1. The Hall–Kier alpha value is -1.75. The number of rotatable bonds is 5. The topological polar surface area (TPSA) is 84.6 Å². The van der Waals surface area contributed by atoms with Crippen molar-refractivity contribution in [1.82, 2.24) is 0 Å². The second kappa shape index (κ2) is 6.10. The molecule has 1 aromatic rings. The lowest BCUT2D eigenvalue weighted by Crippen LogP contribution is -2.19. The van der Waals surface area contributed by atoms with Gasteiger partial charge in [-0.2, -0.15) is 0 Å². The molecule has 0 saturated heterocycles. The average molecular weight is 238 g/mol. The smallest absolute Gasteiger partial charge is 0.224 e. The third-order valence-corrected chi connectivity index (χ3v) is 2.31. The summed E-state index contributed by atoms with van der Waals surface area (Å²) >= 11 is 0. The molecule has 1 unspecified atom stereocenters. The maximum atomic E-state index is 11.5. The molecule has 1 amide bonds. The third kappa shape index (κ3) is 4.32. The van der Waals surface area contributed by atoms with Crippen LogP contribution in [-0.4, -0.2) is 24.2 Å². The van der Waals surface area contributed by atoms with Crippen molar-refractivity contribution in [1.29, 1.82) is 0 Å². The highest BCUT2D eigenvalue weighted by molar-refractivity contribution is 5.92. The Balaban J connectivity index is 2.59. The SMILES string of the molecule is COc1ccc(NC(=O)CCC(C)N)c(O)c1. The van der Waals surface area contributed by atoms with Crippen molar-refractivity contribution in [3.8, 4) is 11.5 Å². The van der Waals surface area contributed by atoms with Crippen LogP contribution in [0.1, 0.15) is 19.8 Å². The Kier molecular flexibility index (Phi) is 4.78. The third-order valence-electron chi connectivity index (χ3n) is 2.31. The van der Waals surface area contributed by atoms with Crippen LogP contribution in [0.5, 0.6) is 11.5 Å². The second-order valence-electron chi connectivity index (χ2n) is 3.95. The minimum Gasteiger partial charge on any atom is -0.506 e. The fourth-order valence-corrected chi connectivity index (χ4v) is 1.32. The van der Waals surface area contributed by atoms with Gasteiger partial charge < -0.3 is 20.9 Å². The van der Waals surface area contributed by atoms with E-state index in [0.29, 0.717) is 24.3 Å². The molecule has 0 spiro atoms. The molecule has 0 bridgehead atoms. The van der Waals surface area contributed by atoms with Crippen LogP contribution >= 0.6 is 0 Å². The van der Waals surface area contributed by atoms with Gasteiger partial charge in [0.15, 0.2) is 0 Å². The fourth-order valence-electron chi connectivity index (χ4n) is 1.32. The summed E-state index contributed by atoms with van der Waals surface area (Å²) in [5.41, 5.74) is 5.93. The Morgan fingerprint density at radius 1 is 1.59 bits per heavy atom. The van der Waals surface area contributed by atoms with Gasteiger partial charge in [-0.25, -0.2) is 0 Å². The summed E-state index contributed by atoms with van der Waals surface area (Å²) in [6, 6.07) is 4.70. The highest BCUT2D eigenvalue weighted by Gasteiger charge is 2.08. The Labute approximate surface area is 101 Å². The van der Waals surface area contributed by atoms with Gasteiger partial charge in [0.1, 0.15) is 11.5 Å². The van der Waals surface area contributed by atoms with Gasteiger partial charge in [0, 0.05) is 18.5 Å². The van der Waals surface area contributed by atoms with E-state index in [4.69, 9.17) is 10.5 Å². The van der Waals surface area contributed by atoms with E-state index in [0.717, 1.165) is 0 Å². The number of ether oxygens (including phenoxy) is 1. The van der Waals surface area contributed by atoms with Gasteiger partial charge in [-0.15, -0.1) is 0 Å². The Morgan fingerprint density at radius 3 is 2.82 bits per heavy atom. The molecule has 0 aliphatic carbocycles. The summed E-state index contributed by atoms with van der Waals surface area (Å²) in [7, 11) is 1.51. The number of benzene rings is 1. The molecule has 94 valence electrons. The quantitative estimate of drug-likeness (QED) is 0.678. The number of carbonyl (C=O) groups is 1. The minimum absolute atomic E-state index is 0.00906. The van der Waals surface area contributed by atoms with Crippen LogP contribution in [0.4, 0.5) is 5.69 Å². The molecular formula is C12H18N2O3. The van der Waals surface area contributed by atoms with E-state index >= 15 is 0 Å². The summed E-state index contributed by atoms with van der Waals surface area (Å²) < 4.78 is 4.94. The first-order chi connectivity index (χ1) is 8.02. The van der Waals surface area contributed by atoms with E-state index in [-0.39, 0.29) is 17.7 Å². The number of methoxy groups -OCH3 is 1. The second-order valence-corrected chi connectivity index (χ2v) is 3.95. The van der Waals surface area contributed by atoms with E-state index in [1.807, 2.05) is 6.92 Å². The van der Waals surface area contributed by atoms with Crippen molar-refractivity contribution < 1.29 is 14.6 Å². The lowest BCUT2D eigenvalue weighted by Gasteiger charge is -2.09. The molecule has 1 aromatic carbocycles. The molecule has 0 aliphatic heterocycles. The number of hydrogen-bond acceptors (Lipinski definition) is 4. The van der Waals surface area contributed by atoms with E-state index in [1.54, 1.807) is 12.1 Å². The molecule has 0 heterocycles. The number of amides is 1. The molecular weight excluding hydrogens is 220 g/mol. The predicted octanol–water partition coefficient (Wildman–Crippen LogP) is 1.47. The van der Waals surface area contributed by atoms with Crippen LogP contribution in [0.15, 0.2) is 18.2 Å². The normalized spacial score (nSPS) is 11.9. The molecule has 5 nitrogen and oxygen atoms in total. The number of phenolic OH excluding ortho intramolecular Hbond substituents is 1. The molecule has 1 rings (SSSR count). The number of nitrogens with one attached hydrogen (secondary N) is 1. The van der Waals surface area contributed by atoms with Crippen molar-refractivity contribution in [2.45, 2.75) is 25.8 Å². The van der Waals surface area contributed by atoms with Crippen LogP contribution in [0.25, 0.3) is 0 Å². The van der Waals surface area contributed by atoms with Crippen LogP contribution in [-0.2, 0) is 4.79 Å². The van der Waals surface area contributed by atoms with Gasteiger partial charge in [-0.05, 0) is 25.5 Å².